The maximum atomic E-state index is 11.0. The monoisotopic (exact) mass is 310 g/mol. The Balaban J connectivity index is 2.19. The van der Waals surface area contributed by atoms with Crippen molar-refractivity contribution in [2.45, 2.75) is 6.04 Å². The fraction of sp³-hybridized carbons (Fsp3) is 0.333. The number of nitrogens with one attached hydrogen (secondary N) is 1. The van der Waals surface area contributed by atoms with Crippen molar-refractivity contribution in [3.63, 3.8) is 0 Å². The van der Waals surface area contributed by atoms with Crippen LogP contribution in [0, 0.1) is 17.2 Å². The van der Waals surface area contributed by atoms with Gasteiger partial charge in [0.2, 0.25) is 0 Å². The third kappa shape index (κ3) is 2.63. The van der Waals surface area contributed by atoms with E-state index in [0.29, 0.717) is 17.9 Å². The van der Waals surface area contributed by atoms with Crippen molar-refractivity contribution in [2.75, 3.05) is 18.5 Å². The number of rotatable bonds is 3. The van der Waals surface area contributed by atoms with Crippen LogP contribution in [0.2, 0.25) is 0 Å². The Morgan fingerprint density at radius 1 is 1.56 bits per heavy atom. The first kappa shape index (κ1) is 12.9. The minimum atomic E-state index is -0.888. The standard InChI is InChI=1S/C12H11BrN2O3/c13-8-1-2-10(7(3-8)4-14)15-11-6-18-5-9(11)12(16)17/h1-3,9,11,15H,5-6H2,(H,16,17). The number of nitriles is 1. The molecule has 0 amide bonds. The molecule has 94 valence electrons. The second kappa shape index (κ2) is 5.38. The molecule has 0 aromatic heterocycles. The average Bonchev–Trinajstić information content (AvgIpc) is 2.79. The molecule has 1 saturated heterocycles. The van der Waals surface area contributed by atoms with Gasteiger partial charge in [-0.1, -0.05) is 15.9 Å². The lowest BCUT2D eigenvalue weighted by molar-refractivity contribution is -0.141. The Hall–Kier alpha value is -1.58. The van der Waals surface area contributed by atoms with Gasteiger partial charge in [0, 0.05) is 4.47 Å². The van der Waals surface area contributed by atoms with E-state index in [9.17, 15) is 4.79 Å². The molecule has 5 nitrogen and oxygen atoms in total. The molecule has 1 aromatic carbocycles. The van der Waals surface area contributed by atoms with Gasteiger partial charge >= 0.3 is 5.97 Å². The summed E-state index contributed by atoms with van der Waals surface area (Å²) in [6.45, 7) is 0.531. The number of benzene rings is 1. The van der Waals surface area contributed by atoms with Crippen molar-refractivity contribution in [1.29, 1.82) is 5.26 Å². The Bertz CT molecular complexity index is 513. The molecule has 2 rings (SSSR count). The predicted octanol–water partition coefficient (Wildman–Crippen LogP) is 1.83. The molecular formula is C12H11BrN2O3. The summed E-state index contributed by atoms with van der Waals surface area (Å²) in [4.78, 5) is 11.0. The molecule has 18 heavy (non-hydrogen) atoms. The molecule has 0 bridgehead atoms. The van der Waals surface area contributed by atoms with E-state index in [2.05, 4.69) is 27.3 Å². The lowest BCUT2D eigenvalue weighted by Crippen LogP contribution is -2.33. The molecular weight excluding hydrogens is 300 g/mol. The molecule has 0 radical (unpaired) electrons. The maximum Gasteiger partial charge on any atom is 0.311 e. The molecule has 1 aliphatic rings. The topological polar surface area (TPSA) is 82.3 Å². The fourth-order valence-electron chi connectivity index (χ4n) is 1.87. The second-order valence-electron chi connectivity index (χ2n) is 4.03. The van der Waals surface area contributed by atoms with Gasteiger partial charge in [-0.05, 0) is 18.2 Å². The number of carbonyl (C=O) groups is 1. The summed E-state index contributed by atoms with van der Waals surface area (Å²) >= 11 is 3.29. The van der Waals surface area contributed by atoms with E-state index in [1.165, 1.54) is 0 Å². The molecule has 1 aromatic rings. The number of carboxylic acids is 1. The van der Waals surface area contributed by atoms with Crippen LogP contribution in [0.1, 0.15) is 5.56 Å². The lowest BCUT2D eigenvalue weighted by atomic mass is 10.0. The Kier molecular flexibility index (Phi) is 3.84. The van der Waals surface area contributed by atoms with Crippen molar-refractivity contribution in [3.05, 3.63) is 28.2 Å². The largest absolute Gasteiger partial charge is 0.481 e. The van der Waals surface area contributed by atoms with Gasteiger partial charge < -0.3 is 15.2 Å². The van der Waals surface area contributed by atoms with Gasteiger partial charge in [0.1, 0.15) is 12.0 Å². The summed E-state index contributed by atoms with van der Waals surface area (Å²) < 4.78 is 5.97. The van der Waals surface area contributed by atoms with Gasteiger partial charge in [0.25, 0.3) is 0 Å². The summed E-state index contributed by atoms with van der Waals surface area (Å²) in [6.07, 6.45) is 0. The van der Waals surface area contributed by atoms with Gasteiger partial charge in [-0.2, -0.15) is 5.26 Å². The normalized spacial score (nSPS) is 22.4. The Morgan fingerprint density at radius 3 is 3.00 bits per heavy atom. The number of hydrogen-bond donors (Lipinski definition) is 2. The quantitative estimate of drug-likeness (QED) is 0.890. The predicted molar refractivity (Wildman–Crippen MR) is 68.2 cm³/mol. The number of nitrogens with zero attached hydrogens (tertiary/aromatic N) is 1. The van der Waals surface area contributed by atoms with Crippen LogP contribution in [0.3, 0.4) is 0 Å². The number of carboxylic acid groups (broad SMARTS) is 1. The highest BCUT2D eigenvalue weighted by Crippen LogP contribution is 2.24. The average molecular weight is 311 g/mol. The van der Waals surface area contributed by atoms with Gasteiger partial charge in [0.05, 0.1) is 30.5 Å². The van der Waals surface area contributed by atoms with Gasteiger partial charge in [-0.25, -0.2) is 0 Å². The third-order valence-corrected chi connectivity index (χ3v) is 3.33. The van der Waals surface area contributed by atoms with Crippen LogP contribution in [0.25, 0.3) is 0 Å². The van der Waals surface area contributed by atoms with E-state index in [1.807, 2.05) is 0 Å². The van der Waals surface area contributed by atoms with E-state index >= 15 is 0 Å². The molecule has 1 aliphatic heterocycles. The SMILES string of the molecule is N#Cc1cc(Br)ccc1NC1COCC1C(=O)O. The maximum absolute atomic E-state index is 11.0. The molecule has 0 spiro atoms. The highest BCUT2D eigenvalue weighted by atomic mass is 79.9. The van der Waals surface area contributed by atoms with Crippen molar-refractivity contribution < 1.29 is 14.6 Å². The van der Waals surface area contributed by atoms with Crippen LogP contribution in [-0.4, -0.2) is 30.3 Å². The van der Waals surface area contributed by atoms with E-state index in [4.69, 9.17) is 15.1 Å². The Labute approximate surface area is 112 Å². The second-order valence-corrected chi connectivity index (χ2v) is 4.95. The number of aliphatic carboxylic acids is 1. The van der Waals surface area contributed by atoms with Gasteiger partial charge in [-0.15, -0.1) is 0 Å². The minimum absolute atomic E-state index is 0.200. The zero-order valence-corrected chi connectivity index (χ0v) is 11.0. The summed E-state index contributed by atoms with van der Waals surface area (Å²) in [5, 5.41) is 21.1. The number of anilines is 1. The molecule has 0 aliphatic carbocycles. The van der Waals surface area contributed by atoms with Crippen molar-refractivity contribution in [3.8, 4) is 6.07 Å². The van der Waals surface area contributed by atoms with Crippen LogP contribution in [0.4, 0.5) is 5.69 Å². The zero-order valence-electron chi connectivity index (χ0n) is 9.39. The van der Waals surface area contributed by atoms with E-state index in [-0.39, 0.29) is 12.6 Å². The molecule has 2 N–H and O–H groups in total. The van der Waals surface area contributed by atoms with Crippen molar-refractivity contribution >= 4 is 27.6 Å². The molecule has 1 heterocycles. The van der Waals surface area contributed by atoms with Crippen molar-refractivity contribution in [2.24, 2.45) is 5.92 Å². The smallest absolute Gasteiger partial charge is 0.311 e. The first-order valence-corrected chi connectivity index (χ1v) is 6.18. The molecule has 2 atom stereocenters. The highest BCUT2D eigenvalue weighted by molar-refractivity contribution is 9.10. The van der Waals surface area contributed by atoms with Gasteiger partial charge in [-0.3, -0.25) is 4.79 Å². The van der Waals surface area contributed by atoms with Crippen LogP contribution in [0.5, 0.6) is 0 Å². The Morgan fingerprint density at radius 2 is 2.33 bits per heavy atom. The minimum Gasteiger partial charge on any atom is -0.481 e. The van der Waals surface area contributed by atoms with E-state index in [0.717, 1.165) is 4.47 Å². The zero-order chi connectivity index (χ0) is 13.1. The van der Waals surface area contributed by atoms with Crippen LogP contribution >= 0.6 is 15.9 Å². The third-order valence-electron chi connectivity index (χ3n) is 2.84. The summed E-state index contributed by atoms with van der Waals surface area (Å²) in [5.41, 5.74) is 1.10. The lowest BCUT2D eigenvalue weighted by Gasteiger charge is -2.17. The first-order chi connectivity index (χ1) is 8.61. The van der Waals surface area contributed by atoms with E-state index in [1.54, 1.807) is 18.2 Å². The van der Waals surface area contributed by atoms with E-state index < -0.39 is 11.9 Å². The number of halogens is 1. The fourth-order valence-corrected chi connectivity index (χ4v) is 2.24. The summed E-state index contributed by atoms with van der Waals surface area (Å²) in [6, 6.07) is 7.00. The highest BCUT2D eigenvalue weighted by Gasteiger charge is 2.34. The number of hydrogen-bond acceptors (Lipinski definition) is 4. The molecule has 0 saturated carbocycles. The summed E-state index contributed by atoms with van der Waals surface area (Å²) in [5.74, 6) is -1.47. The number of ether oxygens (including phenoxy) is 1. The molecule has 6 heteroatoms. The van der Waals surface area contributed by atoms with Crippen LogP contribution < -0.4 is 5.32 Å². The van der Waals surface area contributed by atoms with Crippen LogP contribution in [0.15, 0.2) is 22.7 Å². The first-order valence-electron chi connectivity index (χ1n) is 5.38. The summed E-state index contributed by atoms with van der Waals surface area (Å²) in [7, 11) is 0. The van der Waals surface area contributed by atoms with Gasteiger partial charge in [0.15, 0.2) is 0 Å². The molecule has 1 fully saturated rings. The van der Waals surface area contributed by atoms with Crippen LogP contribution in [-0.2, 0) is 9.53 Å². The molecule has 2 unspecified atom stereocenters. The van der Waals surface area contributed by atoms with Crippen molar-refractivity contribution in [1.82, 2.24) is 0 Å².